The molecule has 3 N–H and O–H groups in total. The molecule has 12 heteroatoms. The van der Waals surface area contributed by atoms with Gasteiger partial charge in [-0.2, -0.15) is 21.6 Å². The van der Waals surface area contributed by atoms with E-state index in [1.807, 2.05) is 0 Å². The molecule has 0 radical (unpaired) electrons. The van der Waals surface area contributed by atoms with Crippen LogP contribution in [0.1, 0.15) is 5.56 Å². The Bertz CT molecular complexity index is 1640. The fourth-order valence-electron chi connectivity index (χ4n) is 3.89. The maximum absolute atomic E-state index is 13.5. The summed E-state index contributed by atoms with van der Waals surface area (Å²) in [6.45, 7) is 0. The average Bonchev–Trinajstić information content (AvgIpc) is 3.06. The largest absolute Gasteiger partial charge is 0.418 e. The van der Waals surface area contributed by atoms with E-state index in [1.165, 1.54) is 23.7 Å². The number of nitrogens with zero attached hydrogens (tertiary/aromatic N) is 1. The number of hydrogen-bond donors (Lipinski definition) is 2. The SMILES string of the molecule is Cn1c(-c2ccccc2)c(S(=O)(=O)O)c2c(S(=O)(=O)c3ccc(N)c(C(F)(F)F)c3)cccc21. The summed E-state index contributed by atoms with van der Waals surface area (Å²) in [7, 11) is -8.17. The fraction of sp³-hybridized carbons (Fsp3) is 0.0909. The summed E-state index contributed by atoms with van der Waals surface area (Å²) in [5.74, 6) is 0. The van der Waals surface area contributed by atoms with Gasteiger partial charge in [-0.1, -0.05) is 36.4 Å². The number of anilines is 1. The second-order valence-corrected chi connectivity index (χ2v) is 10.8. The summed E-state index contributed by atoms with van der Waals surface area (Å²) >= 11 is 0. The van der Waals surface area contributed by atoms with Gasteiger partial charge in [0.1, 0.15) is 4.90 Å². The van der Waals surface area contributed by atoms with Crippen molar-refractivity contribution in [3.05, 3.63) is 72.3 Å². The summed E-state index contributed by atoms with van der Waals surface area (Å²) in [6.07, 6.45) is -4.91. The monoisotopic (exact) mass is 510 g/mol. The predicted molar refractivity (Wildman–Crippen MR) is 119 cm³/mol. The number of hydrogen-bond acceptors (Lipinski definition) is 5. The molecule has 0 aliphatic rings. The minimum atomic E-state index is -4.98. The Balaban J connectivity index is 2.12. The van der Waals surface area contributed by atoms with Gasteiger partial charge in [0.25, 0.3) is 10.1 Å². The van der Waals surface area contributed by atoms with Gasteiger partial charge >= 0.3 is 6.18 Å². The Morgan fingerprint density at radius 1 is 0.912 bits per heavy atom. The van der Waals surface area contributed by atoms with Crippen molar-refractivity contribution in [2.24, 2.45) is 7.05 Å². The van der Waals surface area contributed by atoms with E-state index < -0.39 is 52.1 Å². The topological polar surface area (TPSA) is 119 Å². The van der Waals surface area contributed by atoms with Gasteiger partial charge in [-0.05, 0) is 35.9 Å². The third kappa shape index (κ3) is 3.83. The number of halogens is 3. The Labute approximate surface area is 192 Å². The molecule has 4 rings (SSSR count). The summed E-state index contributed by atoms with van der Waals surface area (Å²) in [4.78, 5) is -1.97. The van der Waals surface area contributed by atoms with Crippen LogP contribution in [-0.2, 0) is 33.2 Å². The number of nitrogen functional groups attached to an aromatic ring is 1. The zero-order valence-electron chi connectivity index (χ0n) is 17.4. The van der Waals surface area contributed by atoms with E-state index in [9.17, 15) is 34.6 Å². The Morgan fingerprint density at radius 3 is 2.15 bits per heavy atom. The molecule has 178 valence electrons. The molecule has 4 aromatic rings. The van der Waals surface area contributed by atoms with Gasteiger partial charge in [0.05, 0.1) is 26.6 Å². The minimum Gasteiger partial charge on any atom is -0.398 e. The first-order valence-electron chi connectivity index (χ1n) is 9.60. The molecule has 3 aromatic carbocycles. The molecule has 0 spiro atoms. The number of sulfone groups is 1. The predicted octanol–water partition coefficient (Wildman–Crippen LogP) is 4.53. The first-order valence-corrected chi connectivity index (χ1v) is 12.5. The third-order valence-corrected chi connectivity index (χ3v) is 8.09. The molecule has 0 amide bonds. The van der Waals surface area contributed by atoms with Crippen molar-refractivity contribution < 1.29 is 34.6 Å². The van der Waals surface area contributed by atoms with Crippen LogP contribution in [0.25, 0.3) is 22.2 Å². The number of alkyl halides is 3. The van der Waals surface area contributed by atoms with Crippen molar-refractivity contribution in [3.8, 4) is 11.3 Å². The second-order valence-electron chi connectivity index (χ2n) is 7.48. The molecule has 0 aliphatic carbocycles. The summed E-state index contributed by atoms with van der Waals surface area (Å²) in [5.41, 5.74) is 3.93. The van der Waals surface area contributed by atoms with Crippen LogP contribution in [0, 0.1) is 0 Å². The number of aryl methyl sites for hydroxylation is 1. The van der Waals surface area contributed by atoms with Crippen LogP contribution < -0.4 is 5.73 Å². The lowest BCUT2D eigenvalue weighted by Gasteiger charge is -2.13. The summed E-state index contributed by atoms with van der Waals surface area (Å²) in [6, 6.07) is 14.1. The lowest BCUT2D eigenvalue weighted by Crippen LogP contribution is -2.12. The molecule has 0 fully saturated rings. The molecule has 0 bridgehead atoms. The summed E-state index contributed by atoms with van der Waals surface area (Å²) in [5, 5.41) is -0.336. The molecular weight excluding hydrogens is 493 g/mol. The molecule has 1 heterocycles. The van der Waals surface area contributed by atoms with E-state index in [-0.39, 0.29) is 16.6 Å². The average molecular weight is 511 g/mol. The van der Waals surface area contributed by atoms with Gasteiger partial charge in [0, 0.05) is 18.1 Å². The standard InChI is InChI=1S/C22H17F3N2O5S2/c1-27-17-8-5-9-18(33(28,29)14-10-11-16(26)15(12-14)22(23,24)25)19(17)21(34(30,31)32)20(27)13-6-3-2-4-7-13/h2-12H,26H2,1H3,(H,30,31,32). The van der Waals surface area contributed by atoms with Crippen molar-refractivity contribution in [2.45, 2.75) is 20.9 Å². The molecule has 0 saturated heterocycles. The molecular formula is C22H17F3N2O5S2. The lowest BCUT2D eigenvalue weighted by atomic mass is 10.1. The number of nitrogens with two attached hydrogens (primary N) is 1. The number of rotatable bonds is 4. The van der Waals surface area contributed by atoms with Gasteiger partial charge in [-0.15, -0.1) is 0 Å². The van der Waals surface area contributed by atoms with Gasteiger partial charge in [0.2, 0.25) is 9.84 Å². The first kappa shape index (κ1) is 23.8. The van der Waals surface area contributed by atoms with Crippen LogP contribution in [0.4, 0.5) is 18.9 Å². The molecule has 1 aromatic heterocycles. The van der Waals surface area contributed by atoms with Crippen molar-refractivity contribution in [1.29, 1.82) is 0 Å². The Morgan fingerprint density at radius 2 is 1.56 bits per heavy atom. The number of aromatic nitrogens is 1. The fourth-order valence-corrected chi connectivity index (χ4v) is 6.43. The number of benzene rings is 3. The highest BCUT2D eigenvalue weighted by atomic mass is 32.2. The highest BCUT2D eigenvalue weighted by molar-refractivity contribution is 7.92. The van der Waals surface area contributed by atoms with E-state index in [0.717, 1.165) is 18.2 Å². The Hall–Kier alpha value is -3.35. The van der Waals surface area contributed by atoms with Gasteiger partial charge in [-0.3, -0.25) is 4.55 Å². The smallest absolute Gasteiger partial charge is 0.398 e. The molecule has 0 atom stereocenters. The van der Waals surface area contributed by atoms with Crippen molar-refractivity contribution in [3.63, 3.8) is 0 Å². The minimum absolute atomic E-state index is 0.0223. The van der Waals surface area contributed by atoms with E-state index in [2.05, 4.69) is 0 Å². The highest BCUT2D eigenvalue weighted by Gasteiger charge is 2.36. The molecule has 7 nitrogen and oxygen atoms in total. The maximum atomic E-state index is 13.5. The van der Waals surface area contributed by atoms with E-state index in [1.54, 1.807) is 30.3 Å². The zero-order valence-corrected chi connectivity index (χ0v) is 19.0. The lowest BCUT2D eigenvalue weighted by molar-refractivity contribution is -0.137. The van der Waals surface area contributed by atoms with Crippen molar-refractivity contribution in [1.82, 2.24) is 4.57 Å². The van der Waals surface area contributed by atoms with E-state index in [4.69, 9.17) is 5.73 Å². The number of fused-ring (bicyclic) bond motifs is 1. The Kier molecular flexibility index (Phi) is 5.50. The van der Waals surface area contributed by atoms with Crippen LogP contribution in [0.5, 0.6) is 0 Å². The molecule has 0 unspecified atom stereocenters. The van der Waals surface area contributed by atoms with Crippen molar-refractivity contribution in [2.75, 3.05) is 5.73 Å². The quantitative estimate of drug-likeness (QED) is 0.308. The van der Waals surface area contributed by atoms with Crippen molar-refractivity contribution >= 4 is 36.5 Å². The normalized spacial score (nSPS) is 12.9. The second kappa shape index (κ2) is 7.86. The molecule has 34 heavy (non-hydrogen) atoms. The first-order chi connectivity index (χ1) is 15.7. The highest BCUT2D eigenvalue weighted by Crippen LogP contribution is 2.42. The third-order valence-electron chi connectivity index (χ3n) is 5.38. The van der Waals surface area contributed by atoms with E-state index >= 15 is 0 Å². The maximum Gasteiger partial charge on any atom is 0.418 e. The van der Waals surface area contributed by atoms with Crippen LogP contribution in [0.2, 0.25) is 0 Å². The summed E-state index contributed by atoms with van der Waals surface area (Å²) < 4.78 is 103. The van der Waals surface area contributed by atoms with Crippen LogP contribution >= 0.6 is 0 Å². The van der Waals surface area contributed by atoms with Gasteiger partial charge < -0.3 is 10.3 Å². The van der Waals surface area contributed by atoms with Crippen LogP contribution in [-0.4, -0.2) is 26.0 Å². The van der Waals surface area contributed by atoms with E-state index in [0.29, 0.717) is 11.6 Å². The van der Waals surface area contributed by atoms with Gasteiger partial charge in [0.15, 0.2) is 0 Å². The molecule has 0 aliphatic heterocycles. The van der Waals surface area contributed by atoms with Crippen LogP contribution in [0.3, 0.4) is 0 Å². The van der Waals surface area contributed by atoms with Crippen LogP contribution in [0.15, 0.2) is 81.4 Å². The zero-order chi connectivity index (χ0) is 25.1. The van der Waals surface area contributed by atoms with Gasteiger partial charge in [-0.25, -0.2) is 8.42 Å². The molecule has 0 saturated carbocycles.